The van der Waals surface area contributed by atoms with Gasteiger partial charge in [0.1, 0.15) is 5.75 Å². The largest absolute Gasteiger partial charge is 0.506 e. The van der Waals surface area contributed by atoms with E-state index in [2.05, 4.69) is 13.8 Å². The number of aromatic hydroxyl groups is 1. The zero-order valence-corrected chi connectivity index (χ0v) is 11.0. The molecule has 90 valence electrons. The molecule has 0 fully saturated rings. The maximum atomic E-state index is 9.79. The lowest BCUT2D eigenvalue weighted by Gasteiger charge is -2.16. The number of halogens is 2. The van der Waals surface area contributed by atoms with Crippen molar-refractivity contribution in [2.75, 3.05) is 0 Å². The number of phenols is 1. The molecule has 0 bridgehead atoms. The van der Waals surface area contributed by atoms with E-state index < -0.39 is 0 Å². The van der Waals surface area contributed by atoms with E-state index in [9.17, 15) is 5.11 Å². The van der Waals surface area contributed by atoms with Crippen LogP contribution in [0.15, 0.2) is 12.1 Å². The average molecular weight is 262 g/mol. The minimum Gasteiger partial charge on any atom is -0.506 e. The van der Waals surface area contributed by atoms with E-state index in [1.165, 1.54) is 6.07 Å². The Balaban J connectivity index is 2.86. The number of benzene rings is 1. The number of nitrogens with two attached hydrogens (primary N) is 1. The summed E-state index contributed by atoms with van der Waals surface area (Å²) in [6, 6.07) is 2.96. The molecule has 1 atom stereocenters. The molecule has 4 heteroatoms. The van der Waals surface area contributed by atoms with Crippen LogP contribution in [0.25, 0.3) is 0 Å². The fourth-order valence-corrected chi connectivity index (χ4v) is 2.05. The highest BCUT2D eigenvalue weighted by molar-refractivity contribution is 6.35. The summed E-state index contributed by atoms with van der Waals surface area (Å²) in [6.45, 7) is 4.27. The monoisotopic (exact) mass is 261 g/mol. The predicted octanol–water partition coefficient (Wildman–Crippen LogP) is 4.14. The van der Waals surface area contributed by atoms with Gasteiger partial charge >= 0.3 is 0 Å². The Morgan fingerprint density at radius 1 is 1.25 bits per heavy atom. The van der Waals surface area contributed by atoms with E-state index in [1.807, 2.05) is 0 Å². The maximum Gasteiger partial charge on any atom is 0.139 e. The summed E-state index contributed by atoms with van der Waals surface area (Å²) in [7, 11) is 0. The Morgan fingerprint density at radius 3 is 2.44 bits per heavy atom. The van der Waals surface area contributed by atoms with Crippen LogP contribution < -0.4 is 5.73 Å². The van der Waals surface area contributed by atoms with Crippen molar-refractivity contribution in [1.29, 1.82) is 0 Å². The smallest absolute Gasteiger partial charge is 0.139 e. The first kappa shape index (κ1) is 13.6. The number of hydrogen-bond acceptors (Lipinski definition) is 2. The van der Waals surface area contributed by atoms with Gasteiger partial charge in [0.05, 0.1) is 5.02 Å². The van der Waals surface area contributed by atoms with E-state index in [0.717, 1.165) is 12.8 Å². The van der Waals surface area contributed by atoms with Crippen LogP contribution in [0, 0.1) is 5.92 Å². The lowest BCUT2D eigenvalue weighted by molar-refractivity contribution is 0.448. The van der Waals surface area contributed by atoms with Crippen LogP contribution in [0.4, 0.5) is 0 Å². The molecular weight excluding hydrogens is 245 g/mol. The molecule has 0 radical (unpaired) electrons. The van der Waals surface area contributed by atoms with Crippen molar-refractivity contribution >= 4 is 23.2 Å². The highest BCUT2D eigenvalue weighted by atomic mass is 35.5. The standard InChI is InChI=1S/C12H17Cl2NO/c1-7(2)3-4-11(15)9-5-8(13)6-10(14)12(9)16/h5-7,11,16H,3-4,15H2,1-2H3/t11-/m0/s1. The van der Waals surface area contributed by atoms with Gasteiger partial charge in [-0.05, 0) is 30.9 Å². The Hall–Kier alpha value is -0.440. The molecular formula is C12H17Cl2NO. The molecule has 1 rings (SSSR count). The summed E-state index contributed by atoms with van der Waals surface area (Å²) < 4.78 is 0. The molecule has 0 unspecified atom stereocenters. The highest BCUT2D eigenvalue weighted by Gasteiger charge is 2.15. The Bertz CT molecular complexity index is 366. The quantitative estimate of drug-likeness (QED) is 0.856. The Labute approximate surface area is 106 Å². The Kier molecular flexibility index (Phi) is 4.90. The maximum absolute atomic E-state index is 9.79. The lowest BCUT2D eigenvalue weighted by Crippen LogP contribution is -2.11. The summed E-state index contributed by atoms with van der Waals surface area (Å²) in [4.78, 5) is 0. The third-order valence-corrected chi connectivity index (χ3v) is 3.02. The van der Waals surface area contributed by atoms with Gasteiger partial charge in [-0.2, -0.15) is 0 Å². The highest BCUT2D eigenvalue weighted by Crippen LogP contribution is 2.35. The van der Waals surface area contributed by atoms with Crippen LogP contribution in [0.2, 0.25) is 10.0 Å². The Morgan fingerprint density at radius 2 is 1.88 bits per heavy atom. The third kappa shape index (κ3) is 3.55. The van der Waals surface area contributed by atoms with E-state index in [-0.39, 0.29) is 16.8 Å². The van der Waals surface area contributed by atoms with Gasteiger partial charge in [0.25, 0.3) is 0 Å². The topological polar surface area (TPSA) is 46.2 Å². The molecule has 0 aromatic heterocycles. The van der Waals surface area contributed by atoms with Crippen molar-refractivity contribution in [3.63, 3.8) is 0 Å². The third-order valence-electron chi connectivity index (χ3n) is 2.51. The molecule has 1 aromatic carbocycles. The molecule has 0 amide bonds. The molecule has 0 aliphatic heterocycles. The van der Waals surface area contributed by atoms with Crippen LogP contribution in [0.5, 0.6) is 5.75 Å². The normalized spacial score (nSPS) is 13.1. The van der Waals surface area contributed by atoms with Crippen molar-refractivity contribution in [2.24, 2.45) is 11.7 Å². The van der Waals surface area contributed by atoms with Crippen molar-refractivity contribution < 1.29 is 5.11 Å². The van der Waals surface area contributed by atoms with Crippen molar-refractivity contribution in [3.8, 4) is 5.75 Å². The van der Waals surface area contributed by atoms with Crippen LogP contribution in [0.1, 0.15) is 38.3 Å². The van der Waals surface area contributed by atoms with Crippen LogP contribution in [0.3, 0.4) is 0 Å². The minimum atomic E-state index is -0.224. The molecule has 0 aliphatic carbocycles. The zero-order valence-electron chi connectivity index (χ0n) is 9.50. The SMILES string of the molecule is CC(C)CC[C@H](N)c1cc(Cl)cc(Cl)c1O. The van der Waals surface area contributed by atoms with E-state index in [0.29, 0.717) is 16.5 Å². The fourth-order valence-electron chi connectivity index (χ4n) is 1.54. The average Bonchev–Trinajstić information content (AvgIpc) is 2.19. The van der Waals surface area contributed by atoms with E-state index in [1.54, 1.807) is 6.07 Å². The second-order valence-corrected chi connectivity index (χ2v) is 5.25. The van der Waals surface area contributed by atoms with Gasteiger partial charge in [0.15, 0.2) is 0 Å². The molecule has 0 heterocycles. The van der Waals surface area contributed by atoms with Gasteiger partial charge in [0, 0.05) is 16.6 Å². The van der Waals surface area contributed by atoms with Gasteiger partial charge < -0.3 is 10.8 Å². The number of phenolic OH excluding ortho intramolecular Hbond substituents is 1. The van der Waals surface area contributed by atoms with E-state index >= 15 is 0 Å². The molecule has 0 saturated heterocycles. The summed E-state index contributed by atoms with van der Waals surface area (Å²) in [5.41, 5.74) is 6.63. The molecule has 0 spiro atoms. The first-order chi connectivity index (χ1) is 7.41. The first-order valence-electron chi connectivity index (χ1n) is 5.35. The van der Waals surface area contributed by atoms with Gasteiger partial charge in [-0.25, -0.2) is 0 Å². The van der Waals surface area contributed by atoms with Crippen LogP contribution in [-0.4, -0.2) is 5.11 Å². The van der Waals surface area contributed by atoms with Crippen molar-refractivity contribution in [2.45, 2.75) is 32.7 Å². The summed E-state index contributed by atoms with van der Waals surface area (Å²) in [5, 5.41) is 10.5. The molecule has 1 aromatic rings. The van der Waals surface area contributed by atoms with Crippen molar-refractivity contribution in [3.05, 3.63) is 27.7 Å². The number of rotatable bonds is 4. The molecule has 0 saturated carbocycles. The summed E-state index contributed by atoms with van der Waals surface area (Å²) >= 11 is 11.7. The zero-order chi connectivity index (χ0) is 12.3. The second-order valence-electron chi connectivity index (χ2n) is 4.40. The van der Waals surface area contributed by atoms with E-state index in [4.69, 9.17) is 28.9 Å². The minimum absolute atomic E-state index is 0.0438. The van der Waals surface area contributed by atoms with Gasteiger partial charge in [-0.1, -0.05) is 37.0 Å². The van der Waals surface area contributed by atoms with Gasteiger partial charge in [-0.15, -0.1) is 0 Å². The lowest BCUT2D eigenvalue weighted by atomic mass is 9.98. The molecule has 3 N–H and O–H groups in total. The molecule has 0 aliphatic rings. The summed E-state index contributed by atoms with van der Waals surface area (Å²) in [5.74, 6) is 0.630. The van der Waals surface area contributed by atoms with Crippen LogP contribution >= 0.6 is 23.2 Å². The van der Waals surface area contributed by atoms with Gasteiger partial charge in [0.2, 0.25) is 0 Å². The van der Waals surface area contributed by atoms with Crippen LogP contribution in [-0.2, 0) is 0 Å². The van der Waals surface area contributed by atoms with Crippen molar-refractivity contribution in [1.82, 2.24) is 0 Å². The molecule has 2 nitrogen and oxygen atoms in total. The van der Waals surface area contributed by atoms with Gasteiger partial charge in [-0.3, -0.25) is 0 Å². The second kappa shape index (κ2) is 5.76. The fraction of sp³-hybridized carbons (Fsp3) is 0.500. The number of hydrogen-bond donors (Lipinski definition) is 2. The molecule has 16 heavy (non-hydrogen) atoms. The summed E-state index contributed by atoms with van der Waals surface area (Å²) in [6.07, 6.45) is 1.81. The first-order valence-corrected chi connectivity index (χ1v) is 6.11. The predicted molar refractivity (Wildman–Crippen MR) is 69.1 cm³/mol.